The molecule has 130 valence electrons. The third-order valence-electron chi connectivity index (χ3n) is 4.67. The average Bonchev–Trinajstić information content (AvgIpc) is 2.59. The van der Waals surface area contributed by atoms with Crippen LogP contribution in [0.5, 0.6) is 5.75 Å². The Bertz CT molecular complexity index is 446. The summed E-state index contributed by atoms with van der Waals surface area (Å²) in [5.41, 5.74) is 1.09. The van der Waals surface area contributed by atoms with Crippen molar-refractivity contribution in [1.82, 2.24) is 5.32 Å². The summed E-state index contributed by atoms with van der Waals surface area (Å²) >= 11 is 0. The number of hydrogen-bond donors (Lipinski definition) is 3. The van der Waals surface area contributed by atoms with Gasteiger partial charge in [0.25, 0.3) is 0 Å². The molecule has 2 atom stereocenters. The zero-order chi connectivity index (χ0) is 16.5. The number of rotatable bonds is 9. The third-order valence-corrected chi connectivity index (χ3v) is 4.67. The predicted octanol–water partition coefficient (Wildman–Crippen LogP) is 2.87. The van der Waals surface area contributed by atoms with Crippen molar-refractivity contribution in [3.63, 3.8) is 0 Å². The lowest BCUT2D eigenvalue weighted by molar-refractivity contribution is 0.0532. The minimum absolute atomic E-state index is 0.116. The number of hydrogen-bond acceptors (Lipinski definition) is 4. The first-order chi connectivity index (χ1) is 11.2. The molecule has 0 heterocycles. The van der Waals surface area contributed by atoms with E-state index in [0.717, 1.165) is 23.8 Å². The molecule has 0 amide bonds. The van der Waals surface area contributed by atoms with Crippen molar-refractivity contribution < 1.29 is 14.9 Å². The van der Waals surface area contributed by atoms with Crippen LogP contribution in [0.2, 0.25) is 0 Å². The molecule has 1 saturated carbocycles. The number of para-hydroxylation sites is 1. The molecule has 0 bridgehead atoms. The Morgan fingerprint density at radius 1 is 1.22 bits per heavy atom. The summed E-state index contributed by atoms with van der Waals surface area (Å²) < 4.78 is 5.62. The summed E-state index contributed by atoms with van der Waals surface area (Å²) in [5.74, 6) is 1.65. The number of ether oxygens (including phenoxy) is 1. The molecule has 2 rings (SSSR count). The van der Waals surface area contributed by atoms with Crippen molar-refractivity contribution in [3.05, 3.63) is 29.8 Å². The predicted molar refractivity (Wildman–Crippen MR) is 92.5 cm³/mol. The molecule has 0 radical (unpaired) electrons. The molecule has 0 saturated heterocycles. The maximum absolute atomic E-state index is 9.42. The Morgan fingerprint density at radius 2 is 1.96 bits per heavy atom. The second-order valence-electron chi connectivity index (χ2n) is 6.78. The first kappa shape index (κ1) is 18.2. The van der Waals surface area contributed by atoms with Crippen molar-refractivity contribution in [2.24, 2.45) is 5.92 Å². The van der Waals surface area contributed by atoms with Gasteiger partial charge in [0.1, 0.15) is 18.5 Å². The molecule has 0 aromatic heterocycles. The van der Waals surface area contributed by atoms with Gasteiger partial charge in [0, 0.05) is 18.2 Å². The summed E-state index contributed by atoms with van der Waals surface area (Å²) in [6.07, 6.45) is 7.36. The van der Waals surface area contributed by atoms with Gasteiger partial charge in [-0.3, -0.25) is 0 Å². The number of benzene rings is 1. The van der Waals surface area contributed by atoms with Crippen LogP contribution in [-0.2, 0) is 6.54 Å². The summed E-state index contributed by atoms with van der Waals surface area (Å²) in [5, 5.41) is 21.9. The van der Waals surface area contributed by atoms with Crippen LogP contribution < -0.4 is 10.1 Å². The molecule has 4 nitrogen and oxygen atoms in total. The van der Waals surface area contributed by atoms with E-state index < -0.39 is 6.10 Å². The lowest BCUT2D eigenvalue weighted by Gasteiger charge is -2.25. The first-order valence-electron chi connectivity index (χ1n) is 8.92. The number of aliphatic hydroxyl groups is 2. The highest BCUT2D eigenvalue weighted by molar-refractivity contribution is 5.33. The lowest BCUT2D eigenvalue weighted by Crippen LogP contribution is -2.29. The van der Waals surface area contributed by atoms with E-state index in [9.17, 15) is 5.11 Å². The quantitative estimate of drug-likeness (QED) is 0.654. The molecule has 0 spiro atoms. The van der Waals surface area contributed by atoms with E-state index in [1.165, 1.54) is 38.5 Å². The van der Waals surface area contributed by atoms with Gasteiger partial charge in [-0.05, 0) is 25.3 Å². The van der Waals surface area contributed by atoms with Crippen LogP contribution in [0.1, 0.15) is 51.0 Å². The van der Waals surface area contributed by atoms with Crippen LogP contribution in [0.25, 0.3) is 0 Å². The molecule has 4 heteroatoms. The van der Waals surface area contributed by atoms with E-state index in [4.69, 9.17) is 9.84 Å². The second kappa shape index (κ2) is 9.91. The minimum atomic E-state index is -0.832. The van der Waals surface area contributed by atoms with Crippen LogP contribution in [0, 0.1) is 5.92 Å². The van der Waals surface area contributed by atoms with Crippen LogP contribution in [0.15, 0.2) is 24.3 Å². The summed E-state index contributed by atoms with van der Waals surface area (Å²) in [4.78, 5) is 0. The molecule has 1 aliphatic rings. The highest BCUT2D eigenvalue weighted by atomic mass is 16.5. The topological polar surface area (TPSA) is 61.7 Å². The van der Waals surface area contributed by atoms with E-state index in [2.05, 4.69) is 12.2 Å². The third kappa shape index (κ3) is 6.50. The van der Waals surface area contributed by atoms with Gasteiger partial charge in [0.2, 0.25) is 0 Å². The normalized spacial score (nSPS) is 18.6. The number of aliphatic hydroxyl groups excluding tert-OH is 2. The Labute approximate surface area is 139 Å². The second-order valence-corrected chi connectivity index (χ2v) is 6.78. The van der Waals surface area contributed by atoms with E-state index in [0.29, 0.717) is 6.04 Å². The summed E-state index contributed by atoms with van der Waals surface area (Å²) in [7, 11) is 0. The average molecular weight is 321 g/mol. The highest BCUT2D eigenvalue weighted by Crippen LogP contribution is 2.27. The van der Waals surface area contributed by atoms with Gasteiger partial charge in [-0.1, -0.05) is 50.3 Å². The molecule has 0 aliphatic heterocycles. The smallest absolute Gasteiger partial charge is 0.123 e. The SMILES string of the molecule is C[C@@H](CC1CCCCC1)NCc1ccccc1OC[C@@H](O)CO. The zero-order valence-electron chi connectivity index (χ0n) is 14.2. The molecular weight excluding hydrogens is 290 g/mol. The maximum Gasteiger partial charge on any atom is 0.123 e. The van der Waals surface area contributed by atoms with Crippen LogP contribution in [0.4, 0.5) is 0 Å². The Hall–Kier alpha value is -1.10. The van der Waals surface area contributed by atoms with Crippen molar-refractivity contribution in [1.29, 1.82) is 0 Å². The van der Waals surface area contributed by atoms with Gasteiger partial charge in [-0.15, -0.1) is 0 Å². The zero-order valence-corrected chi connectivity index (χ0v) is 14.2. The molecule has 1 aliphatic carbocycles. The molecule has 1 aromatic carbocycles. The van der Waals surface area contributed by atoms with E-state index >= 15 is 0 Å². The van der Waals surface area contributed by atoms with Gasteiger partial charge in [0.05, 0.1) is 6.61 Å². The molecule has 1 fully saturated rings. The molecular formula is C19H31NO3. The summed E-state index contributed by atoms with van der Waals surface area (Å²) in [6, 6.07) is 8.37. The minimum Gasteiger partial charge on any atom is -0.490 e. The molecule has 3 N–H and O–H groups in total. The van der Waals surface area contributed by atoms with Gasteiger partial charge in [-0.2, -0.15) is 0 Å². The van der Waals surface area contributed by atoms with Gasteiger partial charge < -0.3 is 20.3 Å². The van der Waals surface area contributed by atoms with Gasteiger partial charge in [0.15, 0.2) is 0 Å². The Balaban J connectivity index is 1.79. The van der Waals surface area contributed by atoms with Gasteiger partial charge >= 0.3 is 0 Å². The highest BCUT2D eigenvalue weighted by Gasteiger charge is 2.16. The van der Waals surface area contributed by atoms with Crippen LogP contribution in [0.3, 0.4) is 0 Å². The van der Waals surface area contributed by atoms with E-state index in [1.807, 2.05) is 24.3 Å². The van der Waals surface area contributed by atoms with Gasteiger partial charge in [-0.25, -0.2) is 0 Å². The van der Waals surface area contributed by atoms with Crippen molar-refractivity contribution >= 4 is 0 Å². The Kier molecular flexibility index (Phi) is 7.86. The first-order valence-corrected chi connectivity index (χ1v) is 8.92. The fourth-order valence-corrected chi connectivity index (χ4v) is 3.32. The fraction of sp³-hybridized carbons (Fsp3) is 0.684. The van der Waals surface area contributed by atoms with E-state index in [-0.39, 0.29) is 13.2 Å². The van der Waals surface area contributed by atoms with Crippen LogP contribution >= 0.6 is 0 Å². The van der Waals surface area contributed by atoms with E-state index in [1.54, 1.807) is 0 Å². The largest absolute Gasteiger partial charge is 0.490 e. The lowest BCUT2D eigenvalue weighted by atomic mass is 9.85. The monoisotopic (exact) mass is 321 g/mol. The van der Waals surface area contributed by atoms with Crippen LogP contribution in [-0.4, -0.2) is 35.6 Å². The fourth-order valence-electron chi connectivity index (χ4n) is 3.32. The van der Waals surface area contributed by atoms with Crippen molar-refractivity contribution in [2.45, 2.75) is 64.1 Å². The summed E-state index contributed by atoms with van der Waals surface area (Å²) in [6.45, 7) is 2.86. The molecule has 0 unspecified atom stereocenters. The number of nitrogens with one attached hydrogen (secondary N) is 1. The standard InChI is InChI=1S/C19H31NO3/c1-15(11-16-7-3-2-4-8-16)20-12-17-9-5-6-10-19(17)23-14-18(22)13-21/h5-6,9-10,15-16,18,20-22H,2-4,7-8,11-14H2,1H3/t15-,18-/m0/s1. The van der Waals surface area contributed by atoms with Crippen molar-refractivity contribution in [2.75, 3.05) is 13.2 Å². The molecule has 1 aromatic rings. The Morgan fingerprint density at radius 3 is 2.70 bits per heavy atom. The molecule has 23 heavy (non-hydrogen) atoms. The van der Waals surface area contributed by atoms with Crippen molar-refractivity contribution in [3.8, 4) is 5.75 Å². The maximum atomic E-state index is 9.42.